The van der Waals surface area contributed by atoms with Gasteiger partial charge in [-0.15, -0.1) is 0 Å². The first kappa shape index (κ1) is 14.9. The molecule has 0 amide bonds. The second-order valence-electron chi connectivity index (χ2n) is 4.16. The molecule has 0 aliphatic rings. The Morgan fingerprint density at radius 3 is 2.45 bits per heavy atom. The lowest BCUT2D eigenvalue weighted by Crippen LogP contribution is -1.99. The summed E-state index contributed by atoms with van der Waals surface area (Å²) in [5.41, 5.74) is 0.143. The van der Waals surface area contributed by atoms with Crippen LogP contribution in [0.4, 0.5) is 13.2 Å². The van der Waals surface area contributed by atoms with Crippen LogP contribution in [0.2, 0.25) is 0 Å². The van der Waals surface area contributed by atoms with E-state index in [-0.39, 0.29) is 17.1 Å². The van der Waals surface area contributed by atoms with Gasteiger partial charge in [0.25, 0.3) is 0 Å². The van der Waals surface area contributed by atoms with Crippen molar-refractivity contribution in [3.05, 3.63) is 57.8 Å². The maximum Gasteiger partial charge on any atom is 0.201 e. The van der Waals surface area contributed by atoms with Crippen LogP contribution in [0.1, 0.15) is 18.6 Å². The molecule has 0 aromatic heterocycles. The molecule has 1 atom stereocenters. The van der Waals surface area contributed by atoms with E-state index in [1.165, 1.54) is 19.1 Å². The molecular formula is C14H10BrF3O2. The average molecular weight is 347 g/mol. The standard InChI is InChI=1S/C14H10BrF3O2/c1-7(19)10-6-9(16)2-3-12(10)20-13-5-8(15)4-11(17)14(13)18/h2-7,19H,1H3/t7-/m0/s1. The lowest BCUT2D eigenvalue weighted by molar-refractivity contribution is 0.195. The Hall–Kier alpha value is -1.53. The minimum atomic E-state index is -1.16. The molecule has 0 unspecified atom stereocenters. The zero-order chi connectivity index (χ0) is 14.9. The smallest absolute Gasteiger partial charge is 0.201 e. The van der Waals surface area contributed by atoms with Gasteiger partial charge in [0.2, 0.25) is 5.82 Å². The summed E-state index contributed by atoms with van der Waals surface area (Å²) in [4.78, 5) is 0. The van der Waals surface area contributed by atoms with Crippen LogP contribution in [0.15, 0.2) is 34.8 Å². The highest BCUT2D eigenvalue weighted by Crippen LogP contribution is 2.33. The Morgan fingerprint density at radius 1 is 1.10 bits per heavy atom. The van der Waals surface area contributed by atoms with Gasteiger partial charge in [0.1, 0.15) is 11.6 Å². The van der Waals surface area contributed by atoms with Crippen LogP contribution in [-0.2, 0) is 0 Å². The van der Waals surface area contributed by atoms with Crippen molar-refractivity contribution in [2.75, 3.05) is 0 Å². The highest BCUT2D eigenvalue weighted by atomic mass is 79.9. The molecule has 0 heterocycles. The molecule has 0 radical (unpaired) electrons. The molecule has 2 aromatic carbocycles. The predicted octanol–water partition coefficient (Wildman–Crippen LogP) is 4.71. The van der Waals surface area contributed by atoms with E-state index in [0.717, 1.165) is 18.2 Å². The number of halogens is 4. The third-order valence-electron chi connectivity index (χ3n) is 2.60. The van der Waals surface area contributed by atoms with Crippen LogP contribution in [0.25, 0.3) is 0 Å². The molecule has 2 rings (SSSR count). The Bertz CT molecular complexity index is 645. The fourth-order valence-corrected chi connectivity index (χ4v) is 2.07. The maximum absolute atomic E-state index is 13.6. The molecule has 0 fully saturated rings. The molecule has 0 aliphatic heterocycles. The molecule has 20 heavy (non-hydrogen) atoms. The van der Waals surface area contributed by atoms with Gasteiger partial charge >= 0.3 is 0 Å². The van der Waals surface area contributed by atoms with Gasteiger partial charge in [-0.25, -0.2) is 8.78 Å². The van der Waals surface area contributed by atoms with Gasteiger partial charge in [-0.2, -0.15) is 4.39 Å². The van der Waals surface area contributed by atoms with Gasteiger partial charge in [-0.1, -0.05) is 15.9 Å². The van der Waals surface area contributed by atoms with Gasteiger partial charge in [-0.05, 0) is 37.3 Å². The fourth-order valence-electron chi connectivity index (χ4n) is 1.66. The molecule has 0 saturated carbocycles. The third-order valence-corrected chi connectivity index (χ3v) is 3.06. The second kappa shape index (κ2) is 5.85. The van der Waals surface area contributed by atoms with Gasteiger partial charge in [0, 0.05) is 10.0 Å². The van der Waals surface area contributed by atoms with Crippen LogP contribution in [0, 0.1) is 17.5 Å². The number of aliphatic hydroxyl groups excluding tert-OH is 1. The Morgan fingerprint density at radius 2 is 1.80 bits per heavy atom. The van der Waals surface area contributed by atoms with Crippen LogP contribution >= 0.6 is 15.9 Å². The van der Waals surface area contributed by atoms with E-state index in [0.29, 0.717) is 4.47 Å². The van der Waals surface area contributed by atoms with Crippen LogP contribution < -0.4 is 4.74 Å². The zero-order valence-electron chi connectivity index (χ0n) is 10.3. The zero-order valence-corrected chi connectivity index (χ0v) is 11.9. The first-order valence-corrected chi connectivity index (χ1v) is 6.47. The van der Waals surface area contributed by atoms with Crippen molar-refractivity contribution >= 4 is 15.9 Å². The van der Waals surface area contributed by atoms with Crippen molar-refractivity contribution < 1.29 is 23.0 Å². The Kier molecular flexibility index (Phi) is 4.35. The summed E-state index contributed by atoms with van der Waals surface area (Å²) in [6, 6.07) is 5.63. The first-order valence-electron chi connectivity index (χ1n) is 5.68. The van der Waals surface area contributed by atoms with Crippen molar-refractivity contribution in [1.29, 1.82) is 0 Å². The van der Waals surface area contributed by atoms with Crippen LogP contribution in [-0.4, -0.2) is 5.11 Å². The Labute approximate surface area is 121 Å². The summed E-state index contributed by atoms with van der Waals surface area (Å²) in [7, 11) is 0. The van der Waals surface area contributed by atoms with Crippen LogP contribution in [0.3, 0.4) is 0 Å². The average Bonchev–Trinajstić information content (AvgIpc) is 2.37. The van der Waals surface area contributed by atoms with E-state index in [4.69, 9.17) is 4.74 Å². The van der Waals surface area contributed by atoms with E-state index in [9.17, 15) is 18.3 Å². The number of rotatable bonds is 3. The SMILES string of the molecule is C[C@H](O)c1cc(F)ccc1Oc1cc(Br)cc(F)c1F. The molecule has 0 bridgehead atoms. The van der Waals surface area contributed by atoms with E-state index >= 15 is 0 Å². The molecule has 6 heteroatoms. The monoisotopic (exact) mass is 346 g/mol. The van der Waals surface area contributed by atoms with E-state index in [1.54, 1.807) is 0 Å². The van der Waals surface area contributed by atoms with Gasteiger partial charge < -0.3 is 9.84 Å². The molecule has 0 saturated heterocycles. The molecule has 0 aliphatic carbocycles. The van der Waals surface area contributed by atoms with Gasteiger partial charge in [-0.3, -0.25) is 0 Å². The first-order chi connectivity index (χ1) is 9.38. The molecule has 106 valence electrons. The summed E-state index contributed by atoms with van der Waals surface area (Å²) >= 11 is 3.02. The predicted molar refractivity (Wildman–Crippen MR) is 71.2 cm³/mol. The molecule has 0 spiro atoms. The number of aliphatic hydroxyl groups is 1. The largest absolute Gasteiger partial charge is 0.454 e. The fraction of sp³-hybridized carbons (Fsp3) is 0.143. The quantitative estimate of drug-likeness (QED) is 0.815. The van der Waals surface area contributed by atoms with Gasteiger partial charge in [0.05, 0.1) is 6.10 Å². The number of benzene rings is 2. The van der Waals surface area contributed by atoms with Gasteiger partial charge in [0.15, 0.2) is 11.6 Å². The van der Waals surface area contributed by atoms with Crippen molar-refractivity contribution in [2.45, 2.75) is 13.0 Å². The molecule has 2 nitrogen and oxygen atoms in total. The van der Waals surface area contributed by atoms with Crippen molar-refractivity contribution in [3.8, 4) is 11.5 Å². The maximum atomic E-state index is 13.6. The normalized spacial score (nSPS) is 12.3. The Balaban J connectivity index is 2.45. The van der Waals surface area contributed by atoms with E-state index in [2.05, 4.69) is 15.9 Å². The third kappa shape index (κ3) is 3.13. The van der Waals surface area contributed by atoms with E-state index in [1.807, 2.05) is 0 Å². The summed E-state index contributed by atoms with van der Waals surface area (Å²) in [5, 5.41) is 9.56. The van der Waals surface area contributed by atoms with E-state index < -0.39 is 23.6 Å². The highest BCUT2D eigenvalue weighted by Gasteiger charge is 2.16. The number of hydrogen-bond acceptors (Lipinski definition) is 2. The molecule has 2 aromatic rings. The summed E-state index contributed by atoms with van der Waals surface area (Å²) in [6.07, 6.45) is -1.01. The van der Waals surface area contributed by atoms with Crippen LogP contribution in [0.5, 0.6) is 11.5 Å². The lowest BCUT2D eigenvalue weighted by Gasteiger charge is -2.14. The van der Waals surface area contributed by atoms with Crippen molar-refractivity contribution in [1.82, 2.24) is 0 Å². The molecule has 1 N–H and O–H groups in total. The number of ether oxygens (including phenoxy) is 1. The summed E-state index contributed by atoms with van der Waals surface area (Å²) < 4.78 is 45.6. The lowest BCUT2D eigenvalue weighted by atomic mass is 10.1. The topological polar surface area (TPSA) is 29.5 Å². The number of hydrogen-bond donors (Lipinski definition) is 1. The minimum Gasteiger partial charge on any atom is -0.454 e. The summed E-state index contributed by atoms with van der Waals surface area (Å²) in [5.74, 6) is -3.10. The highest BCUT2D eigenvalue weighted by molar-refractivity contribution is 9.10. The molecular weight excluding hydrogens is 337 g/mol. The van der Waals surface area contributed by atoms with Crippen molar-refractivity contribution in [3.63, 3.8) is 0 Å². The second-order valence-corrected chi connectivity index (χ2v) is 5.08. The van der Waals surface area contributed by atoms with Crippen molar-refractivity contribution in [2.24, 2.45) is 0 Å². The summed E-state index contributed by atoms with van der Waals surface area (Å²) in [6.45, 7) is 1.42. The minimum absolute atomic E-state index is 0.0535.